The Labute approximate surface area is 107 Å². The van der Waals surface area contributed by atoms with Gasteiger partial charge in [-0.3, -0.25) is 4.79 Å². The zero-order valence-electron chi connectivity index (χ0n) is 10.8. The van der Waals surface area contributed by atoms with Crippen molar-refractivity contribution in [2.45, 2.75) is 13.5 Å². The van der Waals surface area contributed by atoms with Crippen LogP contribution in [0, 0.1) is 0 Å². The van der Waals surface area contributed by atoms with Crippen molar-refractivity contribution in [2.24, 2.45) is 5.73 Å². The molecule has 1 aromatic rings. The van der Waals surface area contributed by atoms with Crippen molar-refractivity contribution >= 4 is 5.91 Å². The van der Waals surface area contributed by atoms with Crippen molar-refractivity contribution in [1.82, 2.24) is 0 Å². The van der Waals surface area contributed by atoms with Crippen molar-refractivity contribution in [3.8, 4) is 5.75 Å². The summed E-state index contributed by atoms with van der Waals surface area (Å²) in [7, 11) is 1.61. The average molecular weight is 253 g/mol. The highest BCUT2D eigenvalue weighted by atomic mass is 16.5. The van der Waals surface area contributed by atoms with Gasteiger partial charge >= 0.3 is 0 Å². The van der Waals surface area contributed by atoms with Gasteiger partial charge in [-0.1, -0.05) is 12.1 Å². The number of hydrogen-bond acceptors (Lipinski definition) is 4. The van der Waals surface area contributed by atoms with Gasteiger partial charge in [-0.2, -0.15) is 0 Å². The predicted molar refractivity (Wildman–Crippen MR) is 67.7 cm³/mol. The van der Waals surface area contributed by atoms with Crippen LogP contribution in [-0.2, 0) is 16.1 Å². The largest absolute Gasteiger partial charge is 0.493 e. The molecule has 0 radical (unpaired) electrons. The summed E-state index contributed by atoms with van der Waals surface area (Å²) >= 11 is 0. The molecule has 1 rings (SSSR count). The van der Waals surface area contributed by atoms with Gasteiger partial charge < -0.3 is 19.9 Å². The summed E-state index contributed by atoms with van der Waals surface area (Å²) in [5, 5.41) is 0. The van der Waals surface area contributed by atoms with Gasteiger partial charge in [0.25, 0.3) is 5.91 Å². The molecule has 5 heteroatoms. The van der Waals surface area contributed by atoms with E-state index < -0.39 is 5.91 Å². The second kappa shape index (κ2) is 7.68. The maximum absolute atomic E-state index is 11.3. The number of amides is 1. The Hall–Kier alpha value is -1.59. The Morgan fingerprint density at radius 2 is 2.11 bits per heavy atom. The number of rotatable bonds is 8. The third-order valence-electron chi connectivity index (χ3n) is 2.34. The average Bonchev–Trinajstić information content (AvgIpc) is 2.36. The minimum Gasteiger partial charge on any atom is -0.493 e. The van der Waals surface area contributed by atoms with E-state index in [1.807, 2.05) is 13.0 Å². The lowest BCUT2D eigenvalue weighted by atomic mass is 10.1. The number of primary amides is 1. The molecule has 0 saturated carbocycles. The first-order valence-corrected chi connectivity index (χ1v) is 5.81. The minimum atomic E-state index is -0.503. The molecule has 0 aliphatic carbocycles. The van der Waals surface area contributed by atoms with Gasteiger partial charge in [0, 0.05) is 12.7 Å². The molecule has 0 spiro atoms. The van der Waals surface area contributed by atoms with Crippen LogP contribution in [0.4, 0.5) is 0 Å². The van der Waals surface area contributed by atoms with Crippen LogP contribution >= 0.6 is 0 Å². The molecular weight excluding hydrogens is 234 g/mol. The van der Waals surface area contributed by atoms with E-state index in [4.69, 9.17) is 19.9 Å². The molecule has 0 fully saturated rings. The molecule has 0 unspecified atom stereocenters. The van der Waals surface area contributed by atoms with Crippen LogP contribution in [0.5, 0.6) is 5.75 Å². The summed E-state index contributed by atoms with van der Waals surface area (Å²) in [6, 6.07) is 5.26. The fraction of sp³-hybridized carbons (Fsp3) is 0.462. The Balaban J connectivity index is 2.81. The second-order valence-corrected chi connectivity index (χ2v) is 3.64. The van der Waals surface area contributed by atoms with Gasteiger partial charge in [-0.05, 0) is 13.0 Å². The van der Waals surface area contributed by atoms with Gasteiger partial charge in [-0.25, -0.2) is 0 Å². The fourth-order valence-electron chi connectivity index (χ4n) is 1.53. The smallest absolute Gasteiger partial charge is 0.252 e. The Bertz CT molecular complexity index is 393. The quantitative estimate of drug-likeness (QED) is 0.710. The van der Waals surface area contributed by atoms with Gasteiger partial charge in [0.2, 0.25) is 0 Å². The van der Waals surface area contributed by atoms with Crippen molar-refractivity contribution < 1.29 is 19.0 Å². The molecule has 0 aliphatic rings. The number of nitrogens with two attached hydrogens (primary N) is 1. The van der Waals surface area contributed by atoms with Gasteiger partial charge in [-0.15, -0.1) is 0 Å². The maximum Gasteiger partial charge on any atom is 0.252 e. The Morgan fingerprint density at radius 1 is 1.33 bits per heavy atom. The zero-order valence-corrected chi connectivity index (χ0v) is 10.8. The van der Waals surface area contributed by atoms with Crippen LogP contribution in [0.2, 0.25) is 0 Å². The van der Waals surface area contributed by atoms with Gasteiger partial charge in [0.05, 0.1) is 32.0 Å². The molecule has 0 saturated heterocycles. The van der Waals surface area contributed by atoms with E-state index in [0.717, 1.165) is 5.56 Å². The molecule has 0 bridgehead atoms. The van der Waals surface area contributed by atoms with Gasteiger partial charge in [0.15, 0.2) is 0 Å². The number of para-hydroxylation sites is 1. The van der Waals surface area contributed by atoms with E-state index in [1.165, 1.54) is 0 Å². The third kappa shape index (κ3) is 4.01. The van der Waals surface area contributed by atoms with E-state index in [2.05, 4.69) is 0 Å². The molecule has 100 valence electrons. The maximum atomic E-state index is 11.3. The Morgan fingerprint density at radius 3 is 2.72 bits per heavy atom. The molecule has 0 aromatic heterocycles. The molecule has 5 nitrogen and oxygen atoms in total. The van der Waals surface area contributed by atoms with Crippen LogP contribution in [0.1, 0.15) is 22.8 Å². The van der Waals surface area contributed by atoms with Gasteiger partial charge in [0.1, 0.15) is 5.75 Å². The third-order valence-corrected chi connectivity index (χ3v) is 2.34. The summed E-state index contributed by atoms with van der Waals surface area (Å²) < 4.78 is 15.8. The predicted octanol–water partition coefficient (Wildman–Crippen LogP) is 1.35. The molecule has 1 aromatic carbocycles. The molecule has 18 heavy (non-hydrogen) atoms. The number of carbonyl (C=O) groups is 1. The zero-order chi connectivity index (χ0) is 13.4. The van der Waals surface area contributed by atoms with Crippen LogP contribution < -0.4 is 10.5 Å². The lowest BCUT2D eigenvalue weighted by Crippen LogP contribution is -2.14. The summed E-state index contributed by atoms with van der Waals surface area (Å²) in [6.07, 6.45) is 0. The first-order chi connectivity index (χ1) is 8.70. The number of ether oxygens (including phenoxy) is 3. The SMILES string of the molecule is CCOc1c(COCCOC)cccc1C(N)=O. The molecule has 0 atom stereocenters. The monoisotopic (exact) mass is 253 g/mol. The lowest BCUT2D eigenvalue weighted by Gasteiger charge is -2.13. The van der Waals surface area contributed by atoms with E-state index >= 15 is 0 Å². The summed E-state index contributed by atoms with van der Waals surface area (Å²) in [5.74, 6) is 0.00195. The number of methoxy groups -OCH3 is 1. The molecule has 2 N–H and O–H groups in total. The topological polar surface area (TPSA) is 70.8 Å². The van der Waals surface area contributed by atoms with Crippen LogP contribution in [0.15, 0.2) is 18.2 Å². The highest BCUT2D eigenvalue weighted by molar-refractivity contribution is 5.96. The standard InChI is InChI=1S/C13H19NO4/c1-3-18-12-10(9-17-8-7-16-2)5-4-6-11(12)13(14)15/h4-6H,3,7-9H2,1-2H3,(H2,14,15). The highest BCUT2D eigenvalue weighted by Crippen LogP contribution is 2.24. The van der Waals surface area contributed by atoms with Crippen molar-refractivity contribution in [1.29, 1.82) is 0 Å². The first-order valence-electron chi connectivity index (χ1n) is 5.81. The van der Waals surface area contributed by atoms with Crippen molar-refractivity contribution in [2.75, 3.05) is 26.9 Å². The van der Waals surface area contributed by atoms with Crippen LogP contribution in [-0.4, -0.2) is 32.8 Å². The number of benzene rings is 1. The van der Waals surface area contributed by atoms with Crippen molar-refractivity contribution in [3.05, 3.63) is 29.3 Å². The van der Waals surface area contributed by atoms with E-state index in [1.54, 1.807) is 19.2 Å². The van der Waals surface area contributed by atoms with E-state index in [0.29, 0.717) is 37.7 Å². The van der Waals surface area contributed by atoms with Crippen LogP contribution in [0.3, 0.4) is 0 Å². The Kier molecular flexibility index (Phi) is 6.18. The highest BCUT2D eigenvalue weighted by Gasteiger charge is 2.13. The minimum absolute atomic E-state index is 0.361. The second-order valence-electron chi connectivity index (χ2n) is 3.64. The number of hydrogen-bond donors (Lipinski definition) is 1. The first kappa shape index (κ1) is 14.5. The number of carbonyl (C=O) groups excluding carboxylic acids is 1. The summed E-state index contributed by atoms with van der Waals surface area (Å²) in [6.45, 7) is 3.70. The van der Waals surface area contributed by atoms with E-state index in [9.17, 15) is 4.79 Å². The summed E-state index contributed by atoms with van der Waals surface area (Å²) in [4.78, 5) is 11.3. The summed E-state index contributed by atoms with van der Waals surface area (Å²) in [5.41, 5.74) is 6.50. The van der Waals surface area contributed by atoms with Crippen molar-refractivity contribution in [3.63, 3.8) is 0 Å². The molecule has 0 heterocycles. The molecular formula is C13H19NO4. The molecule has 1 amide bonds. The molecule has 0 aliphatic heterocycles. The lowest BCUT2D eigenvalue weighted by molar-refractivity contribution is 0.0605. The normalized spacial score (nSPS) is 10.3. The van der Waals surface area contributed by atoms with E-state index in [-0.39, 0.29) is 0 Å². The fourth-order valence-corrected chi connectivity index (χ4v) is 1.53. The van der Waals surface area contributed by atoms with Crippen LogP contribution in [0.25, 0.3) is 0 Å².